The molecule has 21 heavy (non-hydrogen) atoms. The monoisotopic (exact) mass is 289 g/mol. The number of ketones is 1. The molecule has 0 radical (unpaired) electrons. The molecular formula is C15H15NO5. The minimum absolute atomic E-state index is 0.359. The molecule has 0 aromatic heterocycles. The summed E-state index contributed by atoms with van der Waals surface area (Å²) in [6.45, 7) is 0. The standard InChI is InChI=1S/C15H15NO5/c17-12(10-6-2-1-3-7-10)13(18)11-8-4-5-9-15(11,20)14(19)16-21/h1-9,11-12,17,20-21H,(H,16,19). The average Bonchev–Trinajstić information content (AvgIpc) is 2.54. The first-order chi connectivity index (χ1) is 10.0. The molecule has 0 bridgehead atoms. The van der Waals surface area contributed by atoms with Gasteiger partial charge in [0.1, 0.15) is 6.10 Å². The summed E-state index contributed by atoms with van der Waals surface area (Å²) >= 11 is 0. The number of allylic oxidation sites excluding steroid dienone is 2. The lowest BCUT2D eigenvalue weighted by molar-refractivity contribution is -0.153. The second-order valence-electron chi connectivity index (χ2n) is 4.70. The van der Waals surface area contributed by atoms with Gasteiger partial charge in [-0.25, -0.2) is 5.48 Å². The van der Waals surface area contributed by atoms with Crippen LogP contribution in [0.4, 0.5) is 0 Å². The molecule has 0 saturated heterocycles. The summed E-state index contributed by atoms with van der Waals surface area (Å²) in [7, 11) is 0. The number of aliphatic hydroxyl groups is 2. The number of Topliss-reactive ketones (excluding diaryl/α,β-unsaturated/α-hetero) is 1. The van der Waals surface area contributed by atoms with Crippen LogP contribution in [0.25, 0.3) is 0 Å². The van der Waals surface area contributed by atoms with E-state index in [0.29, 0.717) is 5.56 Å². The van der Waals surface area contributed by atoms with Crippen molar-refractivity contribution in [2.75, 3.05) is 0 Å². The summed E-state index contributed by atoms with van der Waals surface area (Å²) in [4.78, 5) is 24.0. The van der Waals surface area contributed by atoms with E-state index in [9.17, 15) is 19.8 Å². The molecule has 3 atom stereocenters. The van der Waals surface area contributed by atoms with Crippen molar-refractivity contribution in [1.82, 2.24) is 5.48 Å². The number of rotatable bonds is 4. The molecule has 1 aromatic rings. The number of hydroxylamine groups is 1. The molecule has 1 amide bonds. The van der Waals surface area contributed by atoms with Gasteiger partial charge >= 0.3 is 0 Å². The van der Waals surface area contributed by atoms with Crippen molar-refractivity contribution < 1.29 is 25.0 Å². The zero-order chi connectivity index (χ0) is 15.5. The van der Waals surface area contributed by atoms with Gasteiger partial charge in [-0.2, -0.15) is 0 Å². The number of carbonyl (C=O) groups is 2. The van der Waals surface area contributed by atoms with Crippen molar-refractivity contribution in [3.63, 3.8) is 0 Å². The van der Waals surface area contributed by atoms with Crippen LogP contribution in [-0.4, -0.2) is 32.7 Å². The molecule has 0 fully saturated rings. The van der Waals surface area contributed by atoms with E-state index in [1.807, 2.05) is 0 Å². The molecule has 110 valence electrons. The number of hydrogen-bond donors (Lipinski definition) is 4. The lowest BCUT2D eigenvalue weighted by Gasteiger charge is -2.31. The van der Waals surface area contributed by atoms with Gasteiger partial charge in [0.25, 0.3) is 5.91 Å². The number of benzene rings is 1. The zero-order valence-corrected chi connectivity index (χ0v) is 11.0. The SMILES string of the molecule is O=C(C(O)c1ccccc1)C1C=CC=CC1(O)C(=O)NO. The first kappa shape index (κ1) is 15.1. The highest BCUT2D eigenvalue weighted by Crippen LogP contribution is 2.30. The van der Waals surface area contributed by atoms with Crippen molar-refractivity contribution in [3.8, 4) is 0 Å². The predicted octanol–water partition coefficient (Wildman–Crippen LogP) is 0.268. The Hall–Kier alpha value is -2.28. The van der Waals surface area contributed by atoms with E-state index in [4.69, 9.17) is 5.21 Å². The first-order valence-corrected chi connectivity index (χ1v) is 6.30. The topological polar surface area (TPSA) is 107 Å². The van der Waals surface area contributed by atoms with E-state index in [0.717, 1.165) is 6.08 Å². The number of amides is 1. The van der Waals surface area contributed by atoms with E-state index in [-0.39, 0.29) is 0 Å². The Kier molecular flexibility index (Phi) is 4.32. The Bertz CT molecular complexity index is 595. The van der Waals surface area contributed by atoms with Crippen molar-refractivity contribution in [1.29, 1.82) is 0 Å². The Morgan fingerprint density at radius 1 is 1.19 bits per heavy atom. The molecule has 0 saturated carbocycles. The average molecular weight is 289 g/mol. The van der Waals surface area contributed by atoms with Gasteiger partial charge in [0.15, 0.2) is 11.4 Å². The van der Waals surface area contributed by atoms with Gasteiger partial charge in [-0.15, -0.1) is 0 Å². The van der Waals surface area contributed by atoms with E-state index in [1.54, 1.807) is 30.3 Å². The predicted molar refractivity (Wildman–Crippen MR) is 73.1 cm³/mol. The molecule has 3 unspecified atom stereocenters. The van der Waals surface area contributed by atoms with Gasteiger partial charge in [0.05, 0.1) is 5.92 Å². The third kappa shape index (κ3) is 2.78. The van der Waals surface area contributed by atoms with Gasteiger partial charge in [0, 0.05) is 0 Å². The quantitative estimate of drug-likeness (QED) is 0.470. The fourth-order valence-corrected chi connectivity index (χ4v) is 2.22. The maximum absolute atomic E-state index is 12.4. The lowest BCUT2D eigenvalue weighted by atomic mass is 9.78. The highest BCUT2D eigenvalue weighted by molar-refractivity contribution is 5.98. The smallest absolute Gasteiger partial charge is 0.280 e. The van der Waals surface area contributed by atoms with Crippen LogP contribution in [0, 0.1) is 5.92 Å². The van der Waals surface area contributed by atoms with Crippen molar-refractivity contribution >= 4 is 11.7 Å². The van der Waals surface area contributed by atoms with Crippen LogP contribution in [0.3, 0.4) is 0 Å². The Morgan fingerprint density at radius 3 is 2.48 bits per heavy atom. The molecule has 4 N–H and O–H groups in total. The fraction of sp³-hybridized carbons (Fsp3) is 0.200. The molecule has 6 heteroatoms. The van der Waals surface area contributed by atoms with Crippen LogP contribution < -0.4 is 5.48 Å². The molecule has 0 heterocycles. The van der Waals surface area contributed by atoms with Crippen molar-refractivity contribution in [3.05, 3.63) is 60.2 Å². The third-order valence-electron chi connectivity index (χ3n) is 3.40. The van der Waals surface area contributed by atoms with Crippen molar-refractivity contribution in [2.45, 2.75) is 11.7 Å². The van der Waals surface area contributed by atoms with E-state index in [1.165, 1.54) is 23.7 Å². The second-order valence-corrected chi connectivity index (χ2v) is 4.70. The Morgan fingerprint density at radius 2 is 1.86 bits per heavy atom. The van der Waals surface area contributed by atoms with Crippen LogP contribution in [-0.2, 0) is 9.59 Å². The highest BCUT2D eigenvalue weighted by atomic mass is 16.5. The van der Waals surface area contributed by atoms with E-state index < -0.39 is 29.3 Å². The van der Waals surface area contributed by atoms with E-state index in [2.05, 4.69) is 0 Å². The summed E-state index contributed by atoms with van der Waals surface area (Å²) in [6, 6.07) is 8.19. The maximum Gasteiger partial charge on any atom is 0.280 e. The maximum atomic E-state index is 12.4. The summed E-state index contributed by atoms with van der Waals surface area (Å²) in [5.41, 5.74) is -0.550. The Labute approximate surface area is 121 Å². The highest BCUT2D eigenvalue weighted by Gasteiger charge is 2.47. The van der Waals surface area contributed by atoms with Crippen LogP contribution in [0.15, 0.2) is 54.6 Å². The second kappa shape index (κ2) is 6.01. The minimum atomic E-state index is -2.24. The summed E-state index contributed by atoms with van der Waals surface area (Å²) < 4.78 is 0. The van der Waals surface area contributed by atoms with Crippen LogP contribution in [0.2, 0.25) is 0 Å². The largest absolute Gasteiger partial charge is 0.381 e. The molecule has 6 nitrogen and oxygen atoms in total. The Balaban J connectivity index is 2.31. The summed E-state index contributed by atoms with van der Waals surface area (Å²) in [5.74, 6) is -3.18. The number of carbonyl (C=O) groups excluding carboxylic acids is 2. The van der Waals surface area contributed by atoms with Gasteiger partial charge in [-0.05, 0) is 11.6 Å². The molecule has 1 aliphatic rings. The number of hydrogen-bond acceptors (Lipinski definition) is 5. The zero-order valence-electron chi connectivity index (χ0n) is 11.0. The lowest BCUT2D eigenvalue weighted by Crippen LogP contribution is -2.53. The third-order valence-corrected chi connectivity index (χ3v) is 3.40. The normalized spacial score (nSPS) is 25.4. The number of nitrogens with one attached hydrogen (secondary N) is 1. The molecule has 1 aromatic carbocycles. The fourth-order valence-electron chi connectivity index (χ4n) is 2.22. The van der Waals surface area contributed by atoms with Gasteiger partial charge in [-0.1, -0.05) is 48.6 Å². The van der Waals surface area contributed by atoms with Crippen LogP contribution in [0.1, 0.15) is 11.7 Å². The number of aliphatic hydroxyl groups excluding tert-OH is 1. The van der Waals surface area contributed by atoms with Gasteiger partial charge < -0.3 is 10.2 Å². The van der Waals surface area contributed by atoms with Crippen LogP contribution in [0.5, 0.6) is 0 Å². The first-order valence-electron chi connectivity index (χ1n) is 6.30. The van der Waals surface area contributed by atoms with E-state index >= 15 is 0 Å². The summed E-state index contributed by atoms with van der Waals surface area (Å²) in [6.07, 6.45) is 3.79. The molecule has 0 aliphatic heterocycles. The van der Waals surface area contributed by atoms with Gasteiger partial charge in [-0.3, -0.25) is 14.8 Å². The summed E-state index contributed by atoms with van der Waals surface area (Å²) in [5, 5.41) is 29.2. The van der Waals surface area contributed by atoms with Crippen LogP contribution >= 0.6 is 0 Å². The molecule has 0 spiro atoms. The van der Waals surface area contributed by atoms with Crippen molar-refractivity contribution in [2.24, 2.45) is 5.92 Å². The molecule has 1 aliphatic carbocycles. The molecule has 2 rings (SSSR count). The molecular weight excluding hydrogens is 274 g/mol. The minimum Gasteiger partial charge on any atom is -0.381 e. The van der Waals surface area contributed by atoms with Gasteiger partial charge in [0.2, 0.25) is 0 Å².